The molecule has 0 radical (unpaired) electrons. The van der Waals surface area contributed by atoms with E-state index in [1.807, 2.05) is 0 Å². The number of rotatable bonds is 6. The molecule has 0 amide bonds. The normalized spacial score (nSPS) is 28.5. The summed E-state index contributed by atoms with van der Waals surface area (Å²) in [6.07, 6.45) is 5.85. The van der Waals surface area contributed by atoms with Crippen molar-refractivity contribution in [2.75, 3.05) is 13.7 Å². The molecule has 1 aromatic heterocycles. The Labute approximate surface area is 127 Å². The summed E-state index contributed by atoms with van der Waals surface area (Å²) in [6, 6.07) is 0.362. The zero-order valence-corrected chi connectivity index (χ0v) is 14.1. The van der Waals surface area contributed by atoms with Crippen LogP contribution in [0.3, 0.4) is 0 Å². The third-order valence-corrected chi connectivity index (χ3v) is 5.57. The molecule has 1 aromatic rings. The summed E-state index contributed by atoms with van der Waals surface area (Å²) in [6.45, 7) is 7.33. The molecule has 1 unspecified atom stereocenters. The van der Waals surface area contributed by atoms with Gasteiger partial charge in [0.05, 0.1) is 10.6 Å². The lowest BCUT2D eigenvalue weighted by molar-refractivity contribution is -0.0947. The summed E-state index contributed by atoms with van der Waals surface area (Å²) < 4.78 is 6.27. The maximum Gasteiger partial charge on any atom is 0.0944 e. The number of aryl methyl sites for hydroxylation is 1. The van der Waals surface area contributed by atoms with Crippen LogP contribution in [0.5, 0.6) is 0 Å². The van der Waals surface area contributed by atoms with Gasteiger partial charge in [-0.2, -0.15) is 0 Å². The molecule has 0 saturated heterocycles. The fourth-order valence-corrected chi connectivity index (χ4v) is 4.17. The smallest absolute Gasteiger partial charge is 0.0944 e. The second-order valence-electron chi connectivity index (χ2n) is 6.11. The van der Waals surface area contributed by atoms with Gasteiger partial charge in [0.15, 0.2) is 0 Å². The predicted molar refractivity (Wildman–Crippen MR) is 85.4 cm³/mol. The molecule has 1 aliphatic rings. The van der Waals surface area contributed by atoms with Gasteiger partial charge in [-0.15, -0.1) is 11.3 Å². The fraction of sp³-hybridized carbons (Fsp3) is 0.812. The van der Waals surface area contributed by atoms with E-state index in [1.165, 1.54) is 17.8 Å². The number of ether oxygens (including phenoxy) is 1. The van der Waals surface area contributed by atoms with Gasteiger partial charge < -0.3 is 10.1 Å². The summed E-state index contributed by atoms with van der Waals surface area (Å²) in [5.74, 6) is 0.836. The minimum Gasteiger partial charge on any atom is -0.374 e. The zero-order valence-electron chi connectivity index (χ0n) is 13.2. The molecule has 0 aromatic carbocycles. The third kappa shape index (κ3) is 3.60. The fourth-order valence-electron chi connectivity index (χ4n) is 3.35. The minimum absolute atomic E-state index is 0.00438. The topological polar surface area (TPSA) is 34.1 Å². The van der Waals surface area contributed by atoms with E-state index in [4.69, 9.17) is 4.74 Å². The molecule has 1 fully saturated rings. The first-order valence-electron chi connectivity index (χ1n) is 7.82. The van der Waals surface area contributed by atoms with Crippen LogP contribution in [0.1, 0.15) is 50.2 Å². The lowest BCUT2D eigenvalue weighted by atomic mass is 9.74. The van der Waals surface area contributed by atoms with Crippen LogP contribution < -0.4 is 5.32 Å². The van der Waals surface area contributed by atoms with Crippen molar-refractivity contribution >= 4 is 11.3 Å². The summed E-state index contributed by atoms with van der Waals surface area (Å²) in [5.41, 5.74) is 1.12. The van der Waals surface area contributed by atoms with Crippen molar-refractivity contribution in [2.24, 2.45) is 5.92 Å². The van der Waals surface area contributed by atoms with E-state index < -0.39 is 0 Å². The van der Waals surface area contributed by atoms with E-state index >= 15 is 0 Å². The van der Waals surface area contributed by atoms with Crippen LogP contribution in [-0.2, 0) is 11.2 Å². The first-order valence-corrected chi connectivity index (χ1v) is 8.70. The van der Waals surface area contributed by atoms with Crippen LogP contribution in [0.15, 0.2) is 5.38 Å². The molecule has 4 heteroatoms. The number of thiazole rings is 1. The highest BCUT2D eigenvalue weighted by molar-refractivity contribution is 7.09. The highest BCUT2D eigenvalue weighted by Crippen LogP contribution is 2.38. The van der Waals surface area contributed by atoms with Gasteiger partial charge in [0.1, 0.15) is 0 Å². The third-order valence-electron chi connectivity index (χ3n) is 4.58. The molecule has 2 rings (SSSR count). The summed E-state index contributed by atoms with van der Waals surface area (Å²) in [5, 5.41) is 6.87. The number of hydrogen-bond acceptors (Lipinski definition) is 4. The Morgan fingerprint density at radius 3 is 2.70 bits per heavy atom. The van der Waals surface area contributed by atoms with Crippen molar-refractivity contribution in [3.05, 3.63) is 16.1 Å². The van der Waals surface area contributed by atoms with Crippen molar-refractivity contribution in [3.63, 3.8) is 0 Å². The van der Waals surface area contributed by atoms with E-state index in [0.29, 0.717) is 6.04 Å². The van der Waals surface area contributed by atoms with Gasteiger partial charge in [-0.3, -0.25) is 0 Å². The van der Waals surface area contributed by atoms with Gasteiger partial charge in [0.25, 0.3) is 0 Å². The predicted octanol–water partition coefficient (Wildman–Crippen LogP) is 3.57. The molecule has 0 spiro atoms. The zero-order chi connectivity index (χ0) is 14.6. The van der Waals surface area contributed by atoms with E-state index in [-0.39, 0.29) is 5.60 Å². The van der Waals surface area contributed by atoms with Gasteiger partial charge in [0, 0.05) is 30.1 Å². The first-order chi connectivity index (χ1) is 9.59. The standard InChI is InChI=1S/C16H28N2OS/c1-5-19-16(8-6-12(2)7-9-16)14(17-4)10-15-18-13(3)11-20-15/h11-12,14,17H,5-10H2,1-4H3. The minimum atomic E-state index is -0.00438. The van der Waals surface area contributed by atoms with Crippen molar-refractivity contribution in [2.45, 2.75) is 64.5 Å². The highest BCUT2D eigenvalue weighted by Gasteiger charge is 2.41. The SMILES string of the molecule is CCOC1(C(Cc2nc(C)cs2)NC)CCC(C)CC1. The average Bonchev–Trinajstić information content (AvgIpc) is 2.85. The molecular weight excluding hydrogens is 268 g/mol. The Morgan fingerprint density at radius 1 is 1.50 bits per heavy atom. The Kier molecular flexibility index (Phi) is 5.58. The van der Waals surface area contributed by atoms with Crippen LogP contribution in [-0.4, -0.2) is 30.3 Å². The quantitative estimate of drug-likeness (QED) is 0.871. The molecule has 1 atom stereocenters. The van der Waals surface area contributed by atoms with Crippen molar-refractivity contribution < 1.29 is 4.74 Å². The number of nitrogens with one attached hydrogen (secondary N) is 1. The number of nitrogens with zero attached hydrogens (tertiary/aromatic N) is 1. The van der Waals surface area contributed by atoms with Crippen molar-refractivity contribution in [1.29, 1.82) is 0 Å². The Balaban J connectivity index is 2.12. The molecule has 1 N–H and O–H groups in total. The van der Waals surface area contributed by atoms with E-state index in [2.05, 4.69) is 43.5 Å². The van der Waals surface area contributed by atoms with Crippen molar-refractivity contribution in [1.82, 2.24) is 10.3 Å². The molecule has 3 nitrogen and oxygen atoms in total. The monoisotopic (exact) mass is 296 g/mol. The van der Waals surface area contributed by atoms with Crippen molar-refractivity contribution in [3.8, 4) is 0 Å². The molecular formula is C16H28N2OS. The van der Waals surface area contributed by atoms with Crippen LogP contribution in [0.2, 0.25) is 0 Å². The Hall–Kier alpha value is -0.450. The largest absolute Gasteiger partial charge is 0.374 e. The lowest BCUT2D eigenvalue weighted by Gasteiger charge is -2.44. The average molecular weight is 296 g/mol. The second-order valence-corrected chi connectivity index (χ2v) is 7.05. The van der Waals surface area contributed by atoms with Gasteiger partial charge in [-0.25, -0.2) is 4.98 Å². The molecule has 20 heavy (non-hydrogen) atoms. The summed E-state index contributed by atoms with van der Waals surface area (Å²) >= 11 is 1.77. The van der Waals surface area contributed by atoms with Crippen LogP contribution in [0.4, 0.5) is 0 Å². The summed E-state index contributed by atoms with van der Waals surface area (Å²) in [4.78, 5) is 4.62. The number of hydrogen-bond donors (Lipinski definition) is 1. The van der Waals surface area contributed by atoms with Crippen LogP contribution >= 0.6 is 11.3 Å². The van der Waals surface area contributed by atoms with Crippen LogP contribution in [0, 0.1) is 12.8 Å². The lowest BCUT2D eigenvalue weighted by Crippen LogP contribution is -2.54. The highest BCUT2D eigenvalue weighted by atomic mass is 32.1. The Morgan fingerprint density at radius 2 is 2.20 bits per heavy atom. The van der Waals surface area contributed by atoms with Gasteiger partial charge in [0.2, 0.25) is 0 Å². The van der Waals surface area contributed by atoms with Crippen LogP contribution in [0.25, 0.3) is 0 Å². The Bertz CT molecular complexity index is 410. The molecule has 0 bridgehead atoms. The second kappa shape index (κ2) is 7.01. The molecule has 1 saturated carbocycles. The number of aromatic nitrogens is 1. The van der Waals surface area contributed by atoms with E-state index in [0.717, 1.165) is 37.5 Å². The summed E-state index contributed by atoms with van der Waals surface area (Å²) in [7, 11) is 2.06. The molecule has 1 heterocycles. The van der Waals surface area contributed by atoms with Gasteiger partial charge in [-0.1, -0.05) is 6.92 Å². The van der Waals surface area contributed by atoms with Gasteiger partial charge in [-0.05, 0) is 52.5 Å². The van der Waals surface area contributed by atoms with E-state index in [9.17, 15) is 0 Å². The van der Waals surface area contributed by atoms with Gasteiger partial charge >= 0.3 is 0 Å². The molecule has 114 valence electrons. The maximum atomic E-state index is 6.27. The number of likely N-dealkylation sites (N-methyl/N-ethyl adjacent to an activating group) is 1. The molecule has 1 aliphatic carbocycles. The maximum absolute atomic E-state index is 6.27. The van der Waals surface area contributed by atoms with E-state index in [1.54, 1.807) is 11.3 Å². The first kappa shape index (κ1) is 15.9. The molecule has 0 aliphatic heterocycles.